The average Bonchev–Trinajstić information content (AvgIpc) is 2.69. The first kappa shape index (κ1) is 11.1. The van der Waals surface area contributed by atoms with Crippen LogP contribution in [-0.4, -0.2) is 9.55 Å². The van der Waals surface area contributed by atoms with E-state index in [0.717, 1.165) is 27.8 Å². The standard InChI is InChI=1S/C14H12ClN3/c1-18-8-17-13-7-12(15)11(6-14(13)18)9-3-2-4-10(16)5-9/h2-8H,16H2,1H3. The van der Waals surface area contributed by atoms with Crippen LogP contribution in [0.4, 0.5) is 5.69 Å². The summed E-state index contributed by atoms with van der Waals surface area (Å²) in [4.78, 5) is 4.29. The van der Waals surface area contributed by atoms with Crippen LogP contribution in [0.25, 0.3) is 22.2 Å². The van der Waals surface area contributed by atoms with Crippen LogP contribution in [0.2, 0.25) is 5.02 Å². The number of aromatic nitrogens is 2. The van der Waals surface area contributed by atoms with Crippen molar-refractivity contribution in [1.82, 2.24) is 9.55 Å². The number of aryl methyl sites for hydroxylation is 1. The van der Waals surface area contributed by atoms with Gasteiger partial charge in [-0.05, 0) is 29.8 Å². The van der Waals surface area contributed by atoms with Crippen molar-refractivity contribution in [3.05, 3.63) is 47.7 Å². The Balaban J connectivity index is 2.28. The first-order chi connectivity index (χ1) is 8.65. The van der Waals surface area contributed by atoms with E-state index in [1.54, 1.807) is 6.33 Å². The quantitative estimate of drug-likeness (QED) is 0.679. The molecule has 3 aromatic rings. The molecule has 0 unspecified atom stereocenters. The summed E-state index contributed by atoms with van der Waals surface area (Å²) in [7, 11) is 1.96. The largest absolute Gasteiger partial charge is 0.399 e. The molecule has 0 saturated carbocycles. The zero-order valence-electron chi connectivity index (χ0n) is 9.89. The van der Waals surface area contributed by atoms with E-state index < -0.39 is 0 Å². The van der Waals surface area contributed by atoms with Gasteiger partial charge in [-0.2, -0.15) is 0 Å². The number of rotatable bonds is 1. The Hall–Kier alpha value is -2.00. The van der Waals surface area contributed by atoms with Crippen molar-refractivity contribution in [3.8, 4) is 11.1 Å². The van der Waals surface area contributed by atoms with E-state index >= 15 is 0 Å². The molecule has 0 spiro atoms. The van der Waals surface area contributed by atoms with Crippen molar-refractivity contribution < 1.29 is 0 Å². The van der Waals surface area contributed by atoms with Crippen LogP contribution >= 0.6 is 11.6 Å². The maximum absolute atomic E-state index is 6.31. The fraction of sp³-hybridized carbons (Fsp3) is 0.0714. The van der Waals surface area contributed by atoms with E-state index in [1.807, 2.05) is 48.0 Å². The number of fused-ring (bicyclic) bond motifs is 1. The second-order valence-corrected chi connectivity index (χ2v) is 4.71. The van der Waals surface area contributed by atoms with E-state index in [1.165, 1.54) is 0 Å². The highest BCUT2D eigenvalue weighted by Gasteiger charge is 2.08. The average molecular weight is 258 g/mol. The van der Waals surface area contributed by atoms with Crippen LogP contribution in [-0.2, 0) is 7.05 Å². The Morgan fingerprint density at radius 2 is 2.06 bits per heavy atom. The summed E-state index contributed by atoms with van der Waals surface area (Å²) in [5.41, 5.74) is 10.5. The maximum atomic E-state index is 6.31. The molecule has 0 aliphatic heterocycles. The minimum Gasteiger partial charge on any atom is -0.399 e. The third kappa shape index (κ3) is 1.73. The summed E-state index contributed by atoms with van der Waals surface area (Å²) < 4.78 is 1.97. The maximum Gasteiger partial charge on any atom is 0.0955 e. The summed E-state index contributed by atoms with van der Waals surface area (Å²) in [6.45, 7) is 0. The molecule has 2 aromatic carbocycles. The molecule has 2 N–H and O–H groups in total. The van der Waals surface area contributed by atoms with Crippen LogP contribution in [0.3, 0.4) is 0 Å². The van der Waals surface area contributed by atoms with Gasteiger partial charge in [-0.25, -0.2) is 4.98 Å². The van der Waals surface area contributed by atoms with Crippen molar-refractivity contribution in [2.24, 2.45) is 7.05 Å². The van der Waals surface area contributed by atoms with Crippen LogP contribution < -0.4 is 5.73 Å². The zero-order chi connectivity index (χ0) is 12.7. The number of nitrogen functional groups attached to an aromatic ring is 1. The van der Waals surface area contributed by atoms with Crippen LogP contribution in [0.1, 0.15) is 0 Å². The van der Waals surface area contributed by atoms with Crippen molar-refractivity contribution >= 4 is 28.3 Å². The molecule has 3 rings (SSSR count). The summed E-state index contributed by atoms with van der Waals surface area (Å²) in [6.07, 6.45) is 1.78. The minimum atomic E-state index is 0.687. The molecule has 18 heavy (non-hydrogen) atoms. The van der Waals surface area contributed by atoms with E-state index in [9.17, 15) is 0 Å². The molecular weight excluding hydrogens is 246 g/mol. The van der Waals surface area contributed by atoms with Gasteiger partial charge in [-0.1, -0.05) is 23.7 Å². The fourth-order valence-electron chi connectivity index (χ4n) is 2.08. The monoisotopic (exact) mass is 257 g/mol. The third-order valence-electron chi connectivity index (χ3n) is 3.01. The lowest BCUT2D eigenvalue weighted by molar-refractivity contribution is 0.948. The minimum absolute atomic E-state index is 0.687. The second-order valence-electron chi connectivity index (χ2n) is 4.30. The van der Waals surface area contributed by atoms with Gasteiger partial charge in [-0.3, -0.25) is 0 Å². The number of anilines is 1. The van der Waals surface area contributed by atoms with E-state index in [4.69, 9.17) is 17.3 Å². The SMILES string of the molecule is Cn1cnc2cc(Cl)c(-c3cccc(N)c3)cc21. The molecular formula is C14H12ClN3. The highest BCUT2D eigenvalue weighted by atomic mass is 35.5. The lowest BCUT2D eigenvalue weighted by atomic mass is 10.0. The van der Waals surface area contributed by atoms with Gasteiger partial charge < -0.3 is 10.3 Å². The molecule has 4 heteroatoms. The topological polar surface area (TPSA) is 43.8 Å². The normalized spacial score (nSPS) is 11.0. The summed E-state index contributed by atoms with van der Waals surface area (Å²) in [5, 5.41) is 0.687. The van der Waals surface area contributed by atoms with Gasteiger partial charge in [0.1, 0.15) is 0 Å². The smallest absolute Gasteiger partial charge is 0.0955 e. The highest BCUT2D eigenvalue weighted by molar-refractivity contribution is 6.34. The molecule has 0 fully saturated rings. The number of imidazole rings is 1. The Bertz CT molecular complexity index is 731. The molecule has 0 atom stereocenters. The molecule has 0 bridgehead atoms. The van der Waals surface area contributed by atoms with Crippen molar-refractivity contribution in [2.45, 2.75) is 0 Å². The van der Waals surface area contributed by atoms with Gasteiger partial charge >= 0.3 is 0 Å². The van der Waals surface area contributed by atoms with Crippen molar-refractivity contribution in [3.63, 3.8) is 0 Å². The van der Waals surface area contributed by atoms with Crippen molar-refractivity contribution in [2.75, 3.05) is 5.73 Å². The van der Waals surface area contributed by atoms with Gasteiger partial charge in [0.15, 0.2) is 0 Å². The van der Waals surface area contributed by atoms with Crippen LogP contribution in [0.5, 0.6) is 0 Å². The molecule has 0 aliphatic carbocycles. The fourth-order valence-corrected chi connectivity index (χ4v) is 2.34. The predicted molar refractivity (Wildman–Crippen MR) is 75.6 cm³/mol. The Kier molecular flexibility index (Phi) is 2.49. The zero-order valence-corrected chi connectivity index (χ0v) is 10.6. The molecule has 0 amide bonds. The highest BCUT2D eigenvalue weighted by Crippen LogP contribution is 2.32. The first-order valence-electron chi connectivity index (χ1n) is 5.61. The second kappa shape index (κ2) is 4.03. The van der Waals surface area contributed by atoms with Gasteiger partial charge in [0.05, 0.1) is 22.4 Å². The van der Waals surface area contributed by atoms with Crippen LogP contribution in [0.15, 0.2) is 42.7 Å². The molecule has 0 radical (unpaired) electrons. The molecule has 90 valence electrons. The number of nitrogens with zero attached hydrogens (tertiary/aromatic N) is 2. The number of nitrogens with two attached hydrogens (primary N) is 1. The lowest BCUT2D eigenvalue weighted by Gasteiger charge is -2.06. The van der Waals surface area contributed by atoms with Crippen molar-refractivity contribution in [1.29, 1.82) is 0 Å². The molecule has 1 heterocycles. The number of benzene rings is 2. The van der Waals surface area contributed by atoms with E-state index in [2.05, 4.69) is 4.98 Å². The summed E-state index contributed by atoms with van der Waals surface area (Å²) >= 11 is 6.31. The summed E-state index contributed by atoms with van der Waals surface area (Å²) in [5.74, 6) is 0. The Morgan fingerprint density at radius 3 is 2.83 bits per heavy atom. The molecule has 0 saturated heterocycles. The Labute approximate surface area is 110 Å². The van der Waals surface area contributed by atoms with E-state index in [0.29, 0.717) is 5.02 Å². The Morgan fingerprint density at radius 1 is 1.22 bits per heavy atom. The molecule has 0 aliphatic rings. The first-order valence-corrected chi connectivity index (χ1v) is 5.99. The van der Waals surface area contributed by atoms with Gasteiger partial charge in [0.25, 0.3) is 0 Å². The van der Waals surface area contributed by atoms with E-state index in [-0.39, 0.29) is 0 Å². The predicted octanol–water partition coefficient (Wildman–Crippen LogP) is 3.48. The van der Waals surface area contributed by atoms with Gasteiger partial charge in [0.2, 0.25) is 0 Å². The number of hydrogen-bond acceptors (Lipinski definition) is 2. The van der Waals surface area contributed by atoms with Gasteiger partial charge in [-0.15, -0.1) is 0 Å². The number of hydrogen-bond donors (Lipinski definition) is 1. The third-order valence-corrected chi connectivity index (χ3v) is 3.32. The lowest BCUT2D eigenvalue weighted by Crippen LogP contribution is -1.88. The summed E-state index contributed by atoms with van der Waals surface area (Å²) in [6, 6.07) is 11.6. The molecule has 1 aromatic heterocycles. The number of halogens is 1. The molecule has 3 nitrogen and oxygen atoms in total. The van der Waals surface area contributed by atoms with Crippen LogP contribution in [0, 0.1) is 0 Å². The van der Waals surface area contributed by atoms with Gasteiger partial charge in [0, 0.05) is 18.3 Å².